The molecule has 4 heteroatoms. The van der Waals surface area contributed by atoms with E-state index in [0.717, 1.165) is 14.5 Å². The predicted molar refractivity (Wildman–Crippen MR) is 79.1 cm³/mol. The quantitative estimate of drug-likeness (QED) is 0.614. The fourth-order valence-electron chi connectivity index (χ4n) is 1.11. The molecule has 0 atom stereocenters. The van der Waals surface area contributed by atoms with E-state index in [1.165, 1.54) is 0 Å². The van der Waals surface area contributed by atoms with Crippen LogP contribution in [0.5, 0.6) is 0 Å². The van der Waals surface area contributed by atoms with Crippen LogP contribution in [0.2, 0.25) is 0 Å². The van der Waals surface area contributed by atoms with Crippen LogP contribution in [0, 0.1) is 8.99 Å². The minimum Gasteiger partial charge on any atom is -0.351 e. The zero-order chi connectivity index (χ0) is 12.2. The Kier molecular flexibility index (Phi) is 5.24. The van der Waals surface area contributed by atoms with Crippen LogP contribution in [0.3, 0.4) is 0 Å². The largest absolute Gasteiger partial charge is 0.351 e. The van der Waals surface area contributed by atoms with Gasteiger partial charge < -0.3 is 5.32 Å². The first-order chi connectivity index (χ1) is 7.46. The van der Waals surface area contributed by atoms with Crippen molar-refractivity contribution in [2.24, 2.45) is 5.41 Å². The fraction of sp³-hybridized carbons (Fsp3) is 0.417. The Hall–Kier alpha value is -0.100. The van der Waals surface area contributed by atoms with Crippen LogP contribution < -0.4 is 5.32 Å². The van der Waals surface area contributed by atoms with Crippen molar-refractivity contribution in [2.45, 2.75) is 13.8 Å². The zero-order valence-corrected chi connectivity index (χ0v) is 13.1. The molecule has 1 rings (SSSR count). The summed E-state index contributed by atoms with van der Waals surface area (Å²) < 4.78 is 0.981. The van der Waals surface area contributed by atoms with Gasteiger partial charge >= 0.3 is 0 Å². The molecule has 0 saturated carbocycles. The van der Waals surface area contributed by atoms with Crippen molar-refractivity contribution >= 4 is 44.4 Å². The average molecular weight is 396 g/mol. The monoisotopic (exact) mass is 395 g/mol. The lowest BCUT2D eigenvalue weighted by Gasteiger charge is -2.22. The molecule has 0 aliphatic heterocycles. The molecule has 1 N–H and O–H groups in total. The van der Waals surface area contributed by atoms with E-state index in [1.54, 1.807) is 0 Å². The van der Waals surface area contributed by atoms with Gasteiger partial charge in [-0.05, 0) is 40.1 Å². The first-order valence-electron chi connectivity index (χ1n) is 5.05. The molecule has 0 unspecified atom stereocenters. The van der Waals surface area contributed by atoms with Gasteiger partial charge in [-0.25, -0.2) is 0 Å². The van der Waals surface area contributed by atoms with Crippen LogP contribution >= 0.6 is 38.5 Å². The number of rotatable bonds is 4. The highest BCUT2D eigenvalue weighted by Crippen LogP contribution is 2.17. The Labute approximate surface area is 118 Å². The minimum atomic E-state index is -0.000903. The SMILES string of the molecule is CC(C)(CBr)CNC(=O)c1ccccc1I. The van der Waals surface area contributed by atoms with Gasteiger partial charge in [0.05, 0.1) is 5.56 Å². The summed E-state index contributed by atoms with van der Waals surface area (Å²) in [6, 6.07) is 7.59. The molecule has 0 bridgehead atoms. The van der Waals surface area contributed by atoms with E-state index in [4.69, 9.17) is 0 Å². The van der Waals surface area contributed by atoms with E-state index in [9.17, 15) is 4.79 Å². The van der Waals surface area contributed by atoms with E-state index in [0.29, 0.717) is 6.54 Å². The summed E-state index contributed by atoms with van der Waals surface area (Å²) in [5.74, 6) is -0.000903. The molecular weight excluding hydrogens is 381 g/mol. The molecule has 0 radical (unpaired) electrons. The van der Waals surface area contributed by atoms with Crippen LogP contribution in [-0.2, 0) is 0 Å². The maximum Gasteiger partial charge on any atom is 0.252 e. The number of hydrogen-bond donors (Lipinski definition) is 1. The molecule has 0 heterocycles. The molecule has 0 fully saturated rings. The number of carbonyl (C=O) groups is 1. The summed E-state index contributed by atoms with van der Waals surface area (Å²) in [4.78, 5) is 11.9. The Balaban J connectivity index is 2.64. The lowest BCUT2D eigenvalue weighted by Crippen LogP contribution is -2.35. The van der Waals surface area contributed by atoms with E-state index in [2.05, 4.69) is 57.7 Å². The Bertz CT molecular complexity index is 379. The maximum atomic E-state index is 11.9. The third-order valence-corrected chi connectivity index (χ3v) is 4.67. The fourth-order valence-corrected chi connectivity index (χ4v) is 1.94. The normalized spacial score (nSPS) is 11.2. The molecule has 0 aromatic heterocycles. The molecule has 88 valence electrons. The van der Waals surface area contributed by atoms with Gasteiger partial charge in [-0.2, -0.15) is 0 Å². The summed E-state index contributed by atoms with van der Waals surface area (Å²) in [7, 11) is 0. The predicted octanol–water partition coefficient (Wildman–Crippen LogP) is 3.44. The van der Waals surface area contributed by atoms with Crippen LogP contribution in [0.1, 0.15) is 24.2 Å². The molecule has 0 saturated heterocycles. The number of benzene rings is 1. The van der Waals surface area contributed by atoms with Gasteiger partial charge in [-0.15, -0.1) is 0 Å². The van der Waals surface area contributed by atoms with Crippen LogP contribution in [0.15, 0.2) is 24.3 Å². The topological polar surface area (TPSA) is 29.1 Å². The molecule has 0 aliphatic carbocycles. The minimum absolute atomic E-state index is 0.000903. The Morgan fingerprint density at radius 3 is 2.62 bits per heavy atom. The Morgan fingerprint density at radius 1 is 1.44 bits per heavy atom. The highest BCUT2D eigenvalue weighted by atomic mass is 127. The standard InChI is InChI=1S/C12H15BrINO/c1-12(2,7-13)8-15-11(16)9-5-3-4-6-10(9)14/h3-6H,7-8H2,1-2H3,(H,15,16). The van der Waals surface area contributed by atoms with Crippen molar-refractivity contribution in [1.82, 2.24) is 5.32 Å². The number of carbonyl (C=O) groups excluding carboxylic acids is 1. The van der Waals surface area contributed by atoms with Gasteiger partial charge in [0.25, 0.3) is 5.91 Å². The van der Waals surface area contributed by atoms with Crippen molar-refractivity contribution in [2.75, 3.05) is 11.9 Å². The molecule has 2 nitrogen and oxygen atoms in total. The maximum absolute atomic E-state index is 11.9. The third-order valence-electron chi connectivity index (χ3n) is 2.21. The Morgan fingerprint density at radius 2 is 2.06 bits per heavy atom. The van der Waals surface area contributed by atoms with Crippen LogP contribution in [0.25, 0.3) is 0 Å². The number of alkyl halides is 1. The molecule has 0 spiro atoms. The molecule has 1 amide bonds. The molecular formula is C12H15BrINO. The number of amides is 1. The lowest BCUT2D eigenvalue weighted by molar-refractivity contribution is 0.0939. The van der Waals surface area contributed by atoms with Gasteiger partial charge in [0.15, 0.2) is 0 Å². The molecule has 1 aromatic carbocycles. The van der Waals surface area contributed by atoms with Crippen molar-refractivity contribution in [3.8, 4) is 0 Å². The first kappa shape index (κ1) is 14.0. The van der Waals surface area contributed by atoms with Crippen molar-refractivity contribution in [3.63, 3.8) is 0 Å². The van der Waals surface area contributed by atoms with E-state index in [1.807, 2.05) is 24.3 Å². The van der Waals surface area contributed by atoms with Crippen LogP contribution in [-0.4, -0.2) is 17.8 Å². The summed E-state index contributed by atoms with van der Waals surface area (Å²) in [5, 5.41) is 3.82. The van der Waals surface area contributed by atoms with E-state index >= 15 is 0 Å². The van der Waals surface area contributed by atoms with Gasteiger partial charge in [0, 0.05) is 15.4 Å². The van der Waals surface area contributed by atoms with Gasteiger partial charge in [-0.1, -0.05) is 41.9 Å². The number of halogens is 2. The summed E-state index contributed by atoms with van der Waals surface area (Å²) in [6.07, 6.45) is 0. The average Bonchev–Trinajstić information content (AvgIpc) is 2.27. The second-order valence-electron chi connectivity index (χ2n) is 4.46. The summed E-state index contributed by atoms with van der Waals surface area (Å²) in [6.45, 7) is 4.89. The third kappa shape index (κ3) is 4.05. The van der Waals surface area contributed by atoms with Gasteiger partial charge in [0.2, 0.25) is 0 Å². The molecule has 16 heavy (non-hydrogen) atoms. The zero-order valence-electron chi connectivity index (χ0n) is 9.39. The smallest absolute Gasteiger partial charge is 0.252 e. The lowest BCUT2D eigenvalue weighted by atomic mass is 9.97. The number of hydrogen-bond acceptors (Lipinski definition) is 1. The van der Waals surface area contributed by atoms with Crippen molar-refractivity contribution < 1.29 is 4.79 Å². The van der Waals surface area contributed by atoms with E-state index < -0.39 is 0 Å². The second kappa shape index (κ2) is 6.00. The number of nitrogens with one attached hydrogen (secondary N) is 1. The van der Waals surface area contributed by atoms with Gasteiger partial charge in [-0.3, -0.25) is 4.79 Å². The van der Waals surface area contributed by atoms with Gasteiger partial charge in [0.1, 0.15) is 0 Å². The molecule has 1 aromatic rings. The summed E-state index contributed by atoms with van der Waals surface area (Å²) >= 11 is 5.61. The second-order valence-corrected chi connectivity index (χ2v) is 6.18. The van der Waals surface area contributed by atoms with Crippen molar-refractivity contribution in [1.29, 1.82) is 0 Å². The first-order valence-corrected chi connectivity index (χ1v) is 7.25. The highest BCUT2D eigenvalue weighted by molar-refractivity contribution is 14.1. The van der Waals surface area contributed by atoms with E-state index in [-0.39, 0.29) is 11.3 Å². The summed E-state index contributed by atoms with van der Waals surface area (Å²) in [5.41, 5.74) is 0.823. The van der Waals surface area contributed by atoms with Crippen molar-refractivity contribution in [3.05, 3.63) is 33.4 Å². The molecule has 0 aliphatic rings. The highest BCUT2D eigenvalue weighted by Gasteiger charge is 2.18. The van der Waals surface area contributed by atoms with Crippen LogP contribution in [0.4, 0.5) is 0 Å².